The molecule has 0 spiro atoms. The summed E-state index contributed by atoms with van der Waals surface area (Å²) in [6.07, 6.45) is -0.670. The van der Waals surface area contributed by atoms with Crippen molar-refractivity contribution in [1.29, 1.82) is 5.26 Å². The van der Waals surface area contributed by atoms with Crippen LogP contribution in [-0.2, 0) is 25.2 Å². The van der Waals surface area contributed by atoms with Gasteiger partial charge in [-0.2, -0.15) is 5.26 Å². The summed E-state index contributed by atoms with van der Waals surface area (Å²) in [6.45, 7) is 1.64. The largest absolute Gasteiger partial charge is 0.354 e. The Hall–Kier alpha value is -1.46. The molecule has 1 atom stereocenters. The van der Waals surface area contributed by atoms with Gasteiger partial charge in [0.2, 0.25) is 10.0 Å². The van der Waals surface area contributed by atoms with Crippen LogP contribution in [0.1, 0.15) is 18.1 Å². The van der Waals surface area contributed by atoms with Gasteiger partial charge in [-0.05, 0) is 18.6 Å². The summed E-state index contributed by atoms with van der Waals surface area (Å²) in [6, 6.07) is 8.03. The molecular weight excluding hydrogens is 280 g/mol. The Morgan fingerprint density at radius 3 is 2.45 bits per heavy atom. The SMILES string of the molecule is COC(OC)C(C)NS(=O)(=O)Cc1ccccc1C#N. The fourth-order valence-electron chi connectivity index (χ4n) is 1.84. The van der Waals surface area contributed by atoms with Gasteiger partial charge in [-0.15, -0.1) is 0 Å². The zero-order valence-corrected chi connectivity index (χ0v) is 12.5. The first kappa shape index (κ1) is 16.6. The van der Waals surface area contributed by atoms with Crippen LogP contribution in [0.25, 0.3) is 0 Å². The molecule has 0 bridgehead atoms. The van der Waals surface area contributed by atoms with E-state index in [1.54, 1.807) is 31.2 Å². The molecule has 1 aromatic rings. The molecule has 0 aromatic heterocycles. The fraction of sp³-hybridized carbons (Fsp3) is 0.462. The summed E-state index contributed by atoms with van der Waals surface area (Å²) in [7, 11) is -0.724. The van der Waals surface area contributed by atoms with Gasteiger partial charge in [0.15, 0.2) is 6.29 Å². The number of sulfonamides is 1. The van der Waals surface area contributed by atoms with Gasteiger partial charge < -0.3 is 9.47 Å². The van der Waals surface area contributed by atoms with Crippen molar-refractivity contribution in [1.82, 2.24) is 4.72 Å². The van der Waals surface area contributed by atoms with Crippen LogP contribution in [-0.4, -0.2) is 35.0 Å². The molecule has 0 amide bonds. The van der Waals surface area contributed by atoms with Crippen LogP contribution < -0.4 is 4.72 Å². The molecule has 1 N–H and O–H groups in total. The molecule has 0 aliphatic rings. The average Bonchev–Trinajstić information content (AvgIpc) is 2.39. The van der Waals surface area contributed by atoms with Crippen LogP contribution in [0.2, 0.25) is 0 Å². The van der Waals surface area contributed by atoms with E-state index in [0.717, 1.165) is 0 Å². The van der Waals surface area contributed by atoms with Crippen LogP contribution >= 0.6 is 0 Å². The molecule has 0 radical (unpaired) electrons. The highest BCUT2D eigenvalue weighted by molar-refractivity contribution is 7.88. The van der Waals surface area contributed by atoms with Gasteiger partial charge in [-0.25, -0.2) is 13.1 Å². The lowest BCUT2D eigenvalue weighted by Crippen LogP contribution is -2.43. The molecule has 0 aliphatic carbocycles. The predicted octanol–water partition coefficient (Wildman–Crippen LogP) is 0.985. The van der Waals surface area contributed by atoms with Crippen molar-refractivity contribution in [3.8, 4) is 6.07 Å². The second-order valence-electron chi connectivity index (χ2n) is 4.27. The summed E-state index contributed by atoms with van der Waals surface area (Å²) >= 11 is 0. The van der Waals surface area contributed by atoms with Gasteiger partial charge >= 0.3 is 0 Å². The molecule has 1 aromatic carbocycles. The molecular formula is C13H18N2O4S. The van der Waals surface area contributed by atoms with Gasteiger partial charge in [0.25, 0.3) is 0 Å². The van der Waals surface area contributed by atoms with E-state index in [1.807, 2.05) is 6.07 Å². The van der Waals surface area contributed by atoms with E-state index in [9.17, 15) is 8.42 Å². The Bertz CT molecular complexity index is 576. The lowest BCUT2D eigenvalue weighted by atomic mass is 10.1. The van der Waals surface area contributed by atoms with Crippen molar-refractivity contribution >= 4 is 10.0 Å². The lowest BCUT2D eigenvalue weighted by Gasteiger charge is -2.22. The highest BCUT2D eigenvalue weighted by Crippen LogP contribution is 2.12. The second kappa shape index (κ2) is 7.36. The average molecular weight is 298 g/mol. The summed E-state index contributed by atoms with van der Waals surface area (Å²) in [5.41, 5.74) is 0.807. The van der Waals surface area contributed by atoms with Crippen LogP contribution in [0.3, 0.4) is 0 Å². The van der Waals surface area contributed by atoms with Crippen molar-refractivity contribution < 1.29 is 17.9 Å². The predicted molar refractivity (Wildman–Crippen MR) is 74.2 cm³/mol. The highest BCUT2D eigenvalue weighted by atomic mass is 32.2. The first-order chi connectivity index (χ1) is 9.43. The number of benzene rings is 1. The molecule has 7 heteroatoms. The standard InChI is InChI=1S/C13H18N2O4S/c1-10(13(18-2)19-3)15-20(16,17)9-12-7-5-4-6-11(12)8-14/h4-7,10,13,15H,9H2,1-3H3. The Morgan fingerprint density at radius 1 is 1.30 bits per heavy atom. The van der Waals surface area contributed by atoms with E-state index in [0.29, 0.717) is 11.1 Å². The van der Waals surface area contributed by atoms with Crippen molar-refractivity contribution in [3.63, 3.8) is 0 Å². The zero-order valence-electron chi connectivity index (χ0n) is 11.7. The minimum atomic E-state index is -3.59. The molecule has 0 fully saturated rings. The van der Waals surface area contributed by atoms with Crippen LogP contribution in [0.4, 0.5) is 0 Å². The van der Waals surface area contributed by atoms with E-state index in [2.05, 4.69) is 4.72 Å². The number of nitrogens with zero attached hydrogens (tertiary/aromatic N) is 1. The number of methoxy groups -OCH3 is 2. The maximum Gasteiger partial charge on any atom is 0.216 e. The number of ether oxygens (including phenoxy) is 2. The van der Waals surface area contributed by atoms with E-state index in [-0.39, 0.29) is 5.75 Å². The lowest BCUT2D eigenvalue weighted by molar-refractivity contribution is -0.115. The van der Waals surface area contributed by atoms with Gasteiger partial charge in [-0.1, -0.05) is 18.2 Å². The molecule has 6 nitrogen and oxygen atoms in total. The maximum absolute atomic E-state index is 12.1. The Labute approximate surface area is 119 Å². The highest BCUT2D eigenvalue weighted by Gasteiger charge is 2.23. The number of nitriles is 1. The smallest absolute Gasteiger partial charge is 0.216 e. The Kier molecular flexibility index (Phi) is 6.10. The quantitative estimate of drug-likeness (QED) is 0.758. The van der Waals surface area contributed by atoms with E-state index in [4.69, 9.17) is 14.7 Å². The summed E-state index contributed by atoms with van der Waals surface area (Å²) in [4.78, 5) is 0. The van der Waals surface area contributed by atoms with Gasteiger partial charge in [0, 0.05) is 14.2 Å². The molecule has 20 heavy (non-hydrogen) atoms. The zero-order chi connectivity index (χ0) is 15.2. The normalized spacial score (nSPS) is 13.2. The molecule has 1 rings (SSSR count). The monoisotopic (exact) mass is 298 g/mol. The number of hydrogen-bond acceptors (Lipinski definition) is 5. The Morgan fingerprint density at radius 2 is 1.90 bits per heavy atom. The van der Waals surface area contributed by atoms with Crippen LogP contribution in [0.15, 0.2) is 24.3 Å². The summed E-state index contributed by atoms with van der Waals surface area (Å²) in [5, 5.41) is 8.96. The van der Waals surface area contributed by atoms with Gasteiger partial charge in [0.05, 0.1) is 23.4 Å². The third kappa shape index (κ3) is 4.58. The molecule has 0 saturated heterocycles. The van der Waals surface area contributed by atoms with Crippen molar-refractivity contribution in [3.05, 3.63) is 35.4 Å². The molecule has 0 saturated carbocycles. The summed E-state index contributed by atoms with van der Waals surface area (Å²) in [5.74, 6) is -0.263. The van der Waals surface area contributed by atoms with Crippen molar-refractivity contribution in [2.75, 3.05) is 14.2 Å². The first-order valence-corrected chi connectivity index (χ1v) is 7.62. The maximum atomic E-state index is 12.1. The second-order valence-corrected chi connectivity index (χ2v) is 6.03. The first-order valence-electron chi connectivity index (χ1n) is 5.97. The Balaban J connectivity index is 2.83. The van der Waals surface area contributed by atoms with E-state index in [1.165, 1.54) is 14.2 Å². The third-order valence-electron chi connectivity index (χ3n) is 2.72. The van der Waals surface area contributed by atoms with Gasteiger partial charge in [-0.3, -0.25) is 0 Å². The fourth-order valence-corrected chi connectivity index (χ4v) is 3.27. The molecule has 0 aliphatic heterocycles. The third-order valence-corrected chi connectivity index (χ3v) is 4.14. The minimum Gasteiger partial charge on any atom is -0.354 e. The number of hydrogen-bond donors (Lipinski definition) is 1. The topological polar surface area (TPSA) is 88.4 Å². The minimum absolute atomic E-state index is 0.263. The summed E-state index contributed by atoms with van der Waals surface area (Å²) < 4.78 is 36.6. The number of rotatable bonds is 7. The van der Waals surface area contributed by atoms with E-state index >= 15 is 0 Å². The molecule has 1 unspecified atom stereocenters. The van der Waals surface area contributed by atoms with Crippen molar-refractivity contribution in [2.45, 2.75) is 25.0 Å². The molecule has 0 heterocycles. The number of nitrogens with one attached hydrogen (secondary N) is 1. The van der Waals surface area contributed by atoms with Crippen molar-refractivity contribution in [2.24, 2.45) is 0 Å². The molecule has 110 valence electrons. The van der Waals surface area contributed by atoms with E-state index < -0.39 is 22.4 Å². The van der Waals surface area contributed by atoms with Gasteiger partial charge in [0.1, 0.15) is 0 Å². The van der Waals surface area contributed by atoms with Crippen LogP contribution in [0, 0.1) is 11.3 Å². The van der Waals surface area contributed by atoms with Crippen LogP contribution in [0.5, 0.6) is 0 Å².